The minimum absolute atomic E-state index is 0.149. The van der Waals surface area contributed by atoms with Crippen molar-refractivity contribution >= 4 is 0 Å². The minimum Gasteiger partial charge on any atom is -0.491 e. The zero-order chi connectivity index (χ0) is 15.3. The molecule has 0 aliphatic carbocycles. The van der Waals surface area contributed by atoms with Crippen molar-refractivity contribution in [2.45, 2.75) is 24.7 Å². The van der Waals surface area contributed by atoms with Gasteiger partial charge in [-0.1, -0.05) is 36.4 Å². The highest BCUT2D eigenvalue weighted by molar-refractivity contribution is 5.23. The van der Waals surface area contributed by atoms with Crippen molar-refractivity contribution in [3.8, 4) is 17.6 Å². The zero-order valence-corrected chi connectivity index (χ0v) is 12.1. The van der Waals surface area contributed by atoms with E-state index < -0.39 is 5.79 Å². The molecule has 0 bridgehead atoms. The molecule has 0 saturated carbocycles. The fraction of sp³-hybridized carbons (Fsp3) is 0.278. The van der Waals surface area contributed by atoms with Gasteiger partial charge in [0.05, 0.1) is 6.10 Å². The molecule has 0 radical (unpaired) electrons. The van der Waals surface area contributed by atoms with Crippen molar-refractivity contribution in [2.24, 2.45) is 0 Å². The Kier molecular flexibility index (Phi) is 4.27. The Balaban J connectivity index is 1.59. The molecule has 0 spiro atoms. The Bertz CT molecular complexity index is 638. The Hall–Kier alpha value is -2.51. The SMILES string of the molecule is N#CC1(Oc2ccccc2)CCC(COc2ccccc2)O1. The fourth-order valence-corrected chi connectivity index (χ4v) is 2.42. The summed E-state index contributed by atoms with van der Waals surface area (Å²) >= 11 is 0. The van der Waals surface area contributed by atoms with Crippen molar-refractivity contribution in [2.75, 3.05) is 6.61 Å². The average molecular weight is 295 g/mol. The lowest BCUT2D eigenvalue weighted by Gasteiger charge is -2.23. The monoisotopic (exact) mass is 295 g/mol. The first-order chi connectivity index (χ1) is 10.8. The number of nitrogens with zero attached hydrogens (tertiary/aromatic N) is 1. The molecule has 4 nitrogen and oxygen atoms in total. The van der Waals surface area contributed by atoms with Crippen LogP contribution in [-0.2, 0) is 4.74 Å². The molecule has 0 aromatic heterocycles. The predicted molar refractivity (Wildman–Crippen MR) is 81.5 cm³/mol. The molecule has 4 heteroatoms. The molecule has 0 amide bonds. The van der Waals surface area contributed by atoms with E-state index in [1.54, 1.807) is 0 Å². The Morgan fingerprint density at radius 2 is 1.68 bits per heavy atom. The highest BCUT2D eigenvalue weighted by atomic mass is 16.7. The van der Waals surface area contributed by atoms with E-state index in [1.165, 1.54) is 0 Å². The van der Waals surface area contributed by atoms with E-state index in [1.807, 2.05) is 60.7 Å². The van der Waals surface area contributed by atoms with Gasteiger partial charge < -0.3 is 14.2 Å². The van der Waals surface area contributed by atoms with Gasteiger partial charge in [-0.3, -0.25) is 0 Å². The van der Waals surface area contributed by atoms with E-state index in [2.05, 4.69) is 6.07 Å². The average Bonchev–Trinajstić information content (AvgIpc) is 2.99. The standard InChI is InChI=1S/C18H17NO3/c19-14-18(21-16-9-5-2-6-10-16)12-11-17(22-18)13-20-15-7-3-1-4-8-15/h1-10,17H,11-13H2. The molecule has 2 aromatic carbocycles. The van der Waals surface area contributed by atoms with Gasteiger partial charge in [0.1, 0.15) is 24.2 Å². The molecule has 2 unspecified atom stereocenters. The lowest BCUT2D eigenvalue weighted by Crippen LogP contribution is -2.35. The molecule has 22 heavy (non-hydrogen) atoms. The first kappa shape index (κ1) is 14.4. The van der Waals surface area contributed by atoms with Gasteiger partial charge in [-0.15, -0.1) is 0 Å². The summed E-state index contributed by atoms with van der Waals surface area (Å²) in [6.07, 6.45) is 1.11. The zero-order valence-electron chi connectivity index (χ0n) is 12.1. The maximum Gasteiger partial charge on any atom is 0.300 e. The number of ether oxygens (including phenoxy) is 3. The molecular formula is C18H17NO3. The quantitative estimate of drug-likeness (QED) is 0.846. The summed E-state index contributed by atoms with van der Waals surface area (Å²) in [6.45, 7) is 0.408. The van der Waals surface area contributed by atoms with Crippen LogP contribution >= 0.6 is 0 Å². The van der Waals surface area contributed by atoms with E-state index in [0.29, 0.717) is 18.8 Å². The van der Waals surface area contributed by atoms with Crippen LogP contribution in [0.1, 0.15) is 12.8 Å². The summed E-state index contributed by atoms with van der Waals surface area (Å²) in [4.78, 5) is 0. The van der Waals surface area contributed by atoms with Gasteiger partial charge in [-0.05, 0) is 30.7 Å². The summed E-state index contributed by atoms with van der Waals surface area (Å²) in [5.41, 5.74) is 0. The second kappa shape index (κ2) is 6.50. The smallest absolute Gasteiger partial charge is 0.300 e. The molecular weight excluding hydrogens is 278 g/mol. The van der Waals surface area contributed by atoms with Crippen molar-refractivity contribution in [3.63, 3.8) is 0 Å². The second-order valence-electron chi connectivity index (χ2n) is 5.18. The maximum absolute atomic E-state index is 9.44. The first-order valence-electron chi connectivity index (χ1n) is 7.31. The summed E-state index contributed by atoms with van der Waals surface area (Å²) < 4.78 is 17.3. The molecule has 0 N–H and O–H groups in total. The summed E-state index contributed by atoms with van der Waals surface area (Å²) in [5, 5.41) is 9.44. The van der Waals surface area contributed by atoms with Gasteiger partial charge in [-0.25, -0.2) is 0 Å². The molecule has 112 valence electrons. The third-order valence-corrected chi connectivity index (χ3v) is 3.53. The Labute approximate surface area is 129 Å². The molecule has 1 heterocycles. The molecule has 1 aliphatic rings. The van der Waals surface area contributed by atoms with Crippen LogP contribution in [0.5, 0.6) is 11.5 Å². The van der Waals surface area contributed by atoms with Crippen molar-refractivity contribution in [1.29, 1.82) is 5.26 Å². The molecule has 1 aliphatic heterocycles. The Morgan fingerprint density at radius 3 is 2.32 bits per heavy atom. The normalized spacial score (nSPS) is 23.7. The van der Waals surface area contributed by atoms with Gasteiger partial charge in [0.25, 0.3) is 0 Å². The van der Waals surface area contributed by atoms with Crippen LogP contribution in [0.2, 0.25) is 0 Å². The Morgan fingerprint density at radius 1 is 1.05 bits per heavy atom. The van der Waals surface area contributed by atoms with Crippen LogP contribution in [0.15, 0.2) is 60.7 Å². The fourth-order valence-electron chi connectivity index (χ4n) is 2.42. The molecule has 1 fully saturated rings. The molecule has 2 aromatic rings. The third-order valence-electron chi connectivity index (χ3n) is 3.53. The van der Waals surface area contributed by atoms with Crippen molar-refractivity contribution < 1.29 is 14.2 Å². The predicted octanol–water partition coefficient (Wildman–Crippen LogP) is 3.54. The summed E-state index contributed by atoms with van der Waals surface area (Å²) in [5.74, 6) is 0.213. The van der Waals surface area contributed by atoms with Crippen LogP contribution in [0.25, 0.3) is 0 Å². The lowest BCUT2D eigenvalue weighted by molar-refractivity contribution is -0.136. The van der Waals surface area contributed by atoms with E-state index >= 15 is 0 Å². The van der Waals surface area contributed by atoms with Crippen LogP contribution < -0.4 is 9.47 Å². The minimum atomic E-state index is -1.22. The second-order valence-corrected chi connectivity index (χ2v) is 5.18. The van der Waals surface area contributed by atoms with E-state index in [9.17, 15) is 5.26 Å². The van der Waals surface area contributed by atoms with Crippen LogP contribution in [-0.4, -0.2) is 18.5 Å². The van der Waals surface area contributed by atoms with Gasteiger partial charge >= 0.3 is 5.79 Å². The largest absolute Gasteiger partial charge is 0.491 e. The van der Waals surface area contributed by atoms with E-state index in [-0.39, 0.29) is 6.10 Å². The third kappa shape index (κ3) is 3.38. The van der Waals surface area contributed by atoms with E-state index in [4.69, 9.17) is 14.2 Å². The number of rotatable bonds is 5. The van der Waals surface area contributed by atoms with Crippen LogP contribution in [0.3, 0.4) is 0 Å². The lowest BCUT2D eigenvalue weighted by atomic mass is 10.1. The van der Waals surface area contributed by atoms with Gasteiger partial charge in [0.2, 0.25) is 0 Å². The van der Waals surface area contributed by atoms with Crippen LogP contribution in [0, 0.1) is 11.3 Å². The van der Waals surface area contributed by atoms with Crippen molar-refractivity contribution in [1.82, 2.24) is 0 Å². The summed E-state index contributed by atoms with van der Waals surface area (Å²) in [6, 6.07) is 21.0. The molecule has 2 atom stereocenters. The number of para-hydroxylation sites is 2. The van der Waals surface area contributed by atoms with Gasteiger partial charge in [0, 0.05) is 6.42 Å². The van der Waals surface area contributed by atoms with Crippen molar-refractivity contribution in [3.05, 3.63) is 60.7 Å². The van der Waals surface area contributed by atoms with Gasteiger partial charge in [0.15, 0.2) is 0 Å². The number of nitriles is 1. The van der Waals surface area contributed by atoms with Crippen LogP contribution in [0.4, 0.5) is 0 Å². The highest BCUT2D eigenvalue weighted by Gasteiger charge is 2.43. The number of benzene rings is 2. The highest BCUT2D eigenvalue weighted by Crippen LogP contribution is 2.32. The topological polar surface area (TPSA) is 51.5 Å². The van der Waals surface area contributed by atoms with E-state index in [0.717, 1.165) is 12.2 Å². The number of hydrogen-bond acceptors (Lipinski definition) is 4. The molecule has 3 rings (SSSR count). The first-order valence-corrected chi connectivity index (χ1v) is 7.31. The van der Waals surface area contributed by atoms with Gasteiger partial charge in [-0.2, -0.15) is 5.26 Å². The maximum atomic E-state index is 9.44. The molecule has 1 saturated heterocycles. The summed E-state index contributed by atoms with van der Waals surface area (Å²) in [7, 11) is 0. The number of hydrogen-bond donors (Lipinski definition) is 0.